The number of benzene rings is 1. The summed E-state index contributed by atoms with van der Waals surface area (Å²) in [7, 11) is 0. The zero-order valence-corrected chi connectivity index (χ0v) is 21.2. The molecule has 0 spiro atoms. The van der Waals surface area contributed by atoms with Gasteiger partial charge < -0.3 is 24.9 Å². The predicted molar refractivity (Wildman–Crippen MR) is 138 cm³/mol. The van der Waals surface area contributed by atoms with Crippen LogP contribution in [-0.2, 0) is 11.3 Å². The number of aromatic amines is 1. The summed E-state index contributed by atoms with van der Waals surface area (Å²) < 4.78 is 12.6. The van der Waals surface area contributed by atoms with Gasteiger partial charge in [0.2, 0.25) is 5.78 Å². The molecule has 0 radical (unpaired) electrons. The van der Waals surface area contributed by atoms with Crippen LogP contribution in [0.15, 0.2) is 35.1 Å². The Kier molecular flexibility index (Phi) is 7.59. The Morgan fingerprint density at radius 1 is 1.30 bits per heavy atom. The van der Waals surface area contributed by atoms with E-state index in [1.165, 1.54) is 10.6 Å². The number of halogens is 1. The number of carbonyl (C=O) groups is 1. The smallest absolute Gasteiger partial charge is 0.276 e. The quantitative estimate of drug-likeness (QED) is 0.410. The van der Waals surface area contributed by atoms with Gasteiger partial charge in [-0.05, 0) is 56.2 Å². The fourth-order valence-electron chi connectivity index (χ4n) is 4.74. The van der Waals surface area contributed by atoms with E-state index in [1.807, 2.05) is 0 Å². The fraction of sp³-hybridized carbons (Fsp3) is 0.462. The van der Waals surface area contributed by atoms with Crippen molar-refractivity contribution in [1.29, 1.82) is 0 Å². The van der Waals surface area contributed by atoms with Gasteiger partial charge in [-0.3, -0.25) is 9.59 Å². The van der Waals surface area contributed by atoms with Gasteiger partial charge >= 0.3 is 0 Å². The Morgan fingerprint density at radius 2 is 2.14 bits per heavy atom. The molecule has 3 aromatic rings. The van der Waals surface area contributed by atoms with Crippen molar-refractivity contribution in [3.8, 4) is 5.75 Å². The molecule has 10 nitrogen and oxygen atoms in total. The van der Waals surface area contributed by atoms with E-state index in [0.717, 1.165) is 31.3 Å². The number of H-pyrrole nitrogens is 1. The number of hydrogen-bond acceptors (Lipinski definition) is 7. The van der Waals surface area contributed by atoms with Crippen LogP contribution in [0.1, 0.15) is 60.4 Å². The number of nitrogens with one attached hydrogen (secondary N) is 2. The van der Waals surface area contributed by atoms with Gasteiger partial charge in [-0.25, -0.2) is 0 Å². The minimum absolute atomic E-state index is 0.00479. The number of ether oxygens (including phenoxy) is 2. The lowest BCUT2D eigenvalue weighted by molar-refractivity contribution is -0.0146. The molecule has 1 fully saturated rings. The van der Waals surface area contributed by atoms with Gasteiger partial charge in [0, 0.05) is 31.2 Å². The fourth-order valence-corrected chi connectivity index (χ4v) is 5.00. The number of aliphatic hydroxyl groups is 1. The second-order valence-electron chi connectivity index (χ2n) is 9.63. The van der Waals surface area contributed by atoms with Crippen molar-refractivity contribution in [2.75, 3.05) is 26.4 Å². The van der Waals surface area contributed by atoms with Crippen molar-refractivity contribution in [1.82, 2.24) is 24.9 Å². The highest BCUT2D eigenvalue weighted by Gasteiger charge is 2.33. The van der Waals surface area contributed by atoms with Crippen LogP contribution in [0.2, 0.25) is 5.02 Å². The molecule has 1 aliphatic carbocycles. The van der Waals surface area contributed by atoms with Gasteiger partial charge in [-0.1, -0.05) is 23.7 Å². The minimum Gasteiger partial charge on any atom is -0.486 e. The molecule has 0 bridgehead atoms. The molecular formula is C26H30ClN5O5. The lowest BCUT2D eigenvalue weighted by Crippen LogP contribution is -2.43. The van der Waals surface area contributed by atoms with E-state index in [9.17, 15) is 14.7 Å². The molecule has 1 saturated heterocycles. The van der Waals surface area contributed by atoms with E-state index in [0.29, 0.717) is 49.9 Å². The summed E-state index contributed by atoms with van der Waals surface area (Å²) in [4.78, 5) is 33.4. The molecule has 11 heteroatoms. The number of carbonyl (C=O) groups excluding carboxylic acids is 1. The van der Waals surface area contributed by atoms with Gasteiger partial charge in [0.1, 0.15) is 12.4 Å². The average molecular weight is 528 g/mol. The summed E-state index contributed by atoms with van der Waals surface area (Å²) in [5.41, 5.74) is 0.996. The lowest BCUT2D eigenvalue weighted by Gasteiger charge is -2.35. The number of fused-ring (bicyclic) bond motifs is 1. The lowest BCUT2D eigenvalue weighted by atomic mass is 9.81. The Labute approximate surface area is 218 Å². The molecule has 0 unspecified atom stereocenters. The summed E-state index contributed by atoms with van der Waals surface area (Å²) in [6, 6.07) is 6.36. The van der Waals surface area contributed by atoms with Gasteiger partial charge in [0.15, 0.2) is 5.82 Å². The van der Waals surface area contributed by atoms with Crippen LogP contribution in [-0.4, -0.2) is 57.0 Å². The van der Waals surface area contributed by atoms with Gasteiger partial charge in [-0.2, -0.15) is 9.50 Å². The Bertz CT molecular complexity index is 1380. The van der Waals surface area contributed by atoms with Crippen molar-refractivity contribution in [3.05, 3.63) is 62.8 Å². The topological polar surface area (TPSA) is 131 Å². The van der Waals surface area contributed by atoms with Crippen molar-refractivity contribution < 1.29 is 19.4 Å². The normalized spacial score (nSPS) is 17.4. The first-order valence-corrected chi connectivity index (χ1v) is 12.9. The molecule has 0 saturated carbocycles. The molecule has 5 rings (SSSR count). The van der Waals surface area contributed by atoms with Crippen molar-refractivity contribution in [2.24, 2.45) is 5.41 Å². The van der Waals surface area contributed by atoms with Crippen LogP contribution in [0, 0.1) is 5.41 Å². The number of amides is 1. The highest BCUT2D eigenvalue weighted by molar-refractivity contribution is 6.34. The Morgan fingerprint density at radius 3 is 2.89 bits per heavy atom. The SMILES string of the molecule is O=C(NCC1(CO)CCOCC1)c1c(Cl)cccc1OCc1cc(=O)n2nc(C3=CCCCC3)nc2[nH]1. The van der Waals surface area contributed by atoms with Crippen molar-refractivity contribution in [3.63, 3.8) is 0 Å². The van der Waals surface area contributed by atoms with Gasteiger partial charge in [0.05, 0.1) is 22.9 Å². The van der Waals surface area contributed by atoms with E-state index in [1.54, 1.807) is 18.2 Å². The van der Waals surface area contributed by atoms with Gasteiger partial charge in [0.25, 0.3) is 11.5 Å². The first kappa shape index (κ1) is 25.4. The third-order valence-electron chi connectivity index (χ3n) is 7.06. The van der Waals surface area contributed by atoms with Crippen LogP contribution in [0.5, 0.6) is 5.75 Å². The predicted octanol–water partition coefficient (Wildman–Crippen LogP) is 3.13. The maximum Gasteiger partial charge on any atom is 0.276 e. The third-order valence-corrected chi connectivity index (χ3v) is 7.38. The Hall–Kier alpha value is -3.21. The number of nitrogens with zero attached hydrogens (tertiary/aromatic N) is 3. The summed E-state index contributed by atoms with van der Waals surface area (Å²) in [6.07, 6.45) is 7.57. The summed E-state index contributed by atoms with van der Waals surface area (Å²) in [6.45, 7) is 1.34. The van der Waals surface area contributed by atoms with E-state index in [4.69, 9.17) is 21.1 Å². The number of allylic oxidation sites excluding steroid dienone is 2. The molecule has 2 aromatic heterocycles. The van der Waals surface area contributed by atoms with E-state index < -0.39 is 11.3 Å². The monoisotopic (exact) mass is 527 g/mol. The van der Waals surface area contributed by atoms with Gasteiger partial charge in [-0.15, -0.1) is 5.10 Å². The number of hydrogen-bond donors (Lipinski definition) is 3. The minimum atomic E-state index is -0.421. The molecular weight excluding hydrogens is 498 g/mol. The second kappa shape index (κ2) is 11.0. The second-order valence-corrected chi connectivity index (χ2v) is 10.0. The molecule has 2 aliphatic rings. The molecule has 1 amide bonds. The number of aliphatic hydroxyl groups excluding tert-OH is 1. The highest BCUT2D eigenvalue weighted by atomic mass is 35.5. The van der Waals surface area contributed by atoms with Crippen LogP contribution in [0.4, 0.5) is 0 Å². The van der Waals surface area contributed by atoms with E-state index in [2.05, 4.69) is 26.5 Å². The zero-order chi connectivity index (χ0) is 25.8. The van der Waals surface area contributed by atoms with Crippen molar-refractivity contribution in [2.45, 2.75) is 45.1 Å². The van der Waals surface area contributed by atoms with Crippen LogP contribution in [0.3, 0.4) is 0 Å². The summed E-state index contributed by atoms with van der Waals surface area (Å²) in [5, 5.41) is 17.4. The first-order valence-electron chi connectivity index (χ1n) is 12.5. The molecule has 196 valence electrons. The number of rotatable bonds is 8. The molecule has 1 aliphatic heterocycles. The number of aromatic nitrogens is 4. The largest absolute Gasteiger partial charge is 0.486 e. The average Bonchev–Trinajstić information content (AvgIpc) is 3.37. The Balaban J connectivity index is 1.32. The molecule has 3 heterocycles. The molecule has 0 atom stereocenters. The first-order chi connectivity index (χ1) is 18.0. The van der Waals surface area contributed by atoms with E-state index >= 15 is 0 Å². The van der Waals surface area contributed by atoms with Crippen LogP contribution in [0.25, 0.3) is 11.4 Å². The molecule has 3 N–H and O–H groups in total. The van der Waals surface area contributed by atoms with E-state index in [-0.39, 0.29) is 35.1 Å². The molecule has 1 aromatic carbocycles. The maximum atomic E-state index is 13.1. The maximum absolute atomic E-state index is 13.1. The summed E-state index contributed by atoms with van der Waals surface area (Å²) >= 11 is 6.38. The molecule has 37 heavy (non-hydrogen) atoms. The highest BCUT2D eigenvalue weighted by Crippen LogP contribution is 2.31. The van der Waals surface area contributed by atoms with Crippen LogP contribution < -0.4 is 15.6 Å². The third kappa shape index (κ3) is 5.56. The van der Waals surface area contributed by atoms with Crippen molar-refractivity contribution >= 4 is 28.9 Å². The zero-order valence-electron chi connectivity index (χ0n) is 20.5. The van der Waals surface area contributed by atoms with Crippen LogP contribution >= 0.6 is 11.6 Å². The summed E-state index contributed by atoms with van der Waals surface area (Å²) in [5.74, 6) is 0.782. The standard InChI is InChI=1S/C26H30ClN5O5/c27-19-7-4-8-20(22(19)24(35)28-15-26(16-33)9-11-36-12-10-26)37-14-18-13-21(34)32-25(29-18)30-23(31-32)17-5-2-1-3-6-17/h4-5,7-8,13,33H,1-3,6,9-12,14-16H2,(H,28,35)(H,29,30,31).